The van der Waals surface area contributed by atoms with E-state index in [0.29, 0.717) is 6.42 Å². The van der Waals surface area contributed by atoms with E-state index in [4.69, 9.17) is 5.26 Å². The molecule has 0 atom stereocenters. The Hall–Kier alpha value is -2.28. The molecule has 0 aliphatic carbocycles. The second-order valence-electron chi connectivity index (χ2n) is 3.14. The van der Waals surface area contributed by atoms with Crippen LogP contribution in [0.4, 0.5) is 0 Å². The zero-order chi connectivity index (χ0) is 10.7. The van der Waals surface area contributed by atoms with Crippen LogP contribution in [0.3, 0.4) is 0 Å². The molecule has 0 saturated carbocycles. The first-order valence-electron chi connectivity index (χ1n) is 4.53. The topological polar surface area (TPSA) is 61.6 Å². The quantitative estimate of drug-likeness (QED) is 0.790. The predicted octanol–water partition coefficient (Wildman–Crippen LogP) is 1.23. The highest BCUT2D eigenvalue weighted by atomic mass is 16.1. The summed E-state index contributed by atoms with van der Waals surface area (Å²) < 4.78 is 1.51. The van der Waals surface area contributed by atoms with Crippen molar-refractivity contribution in [3.05, 3.63) is 52.7 Å². The highest BCUT2D eigenvalue weighted by molar-refractivity contribution is 5.35. The van der Waals surface area contributed by atoms with E-state index in [1.807, 2.05) is 24.3 Å². The molecule has 0 aliphatic rings. The second-order valence-corrected chi connectivity index (χ2v) is 3.14. The van der Waals surface area contributed by atoms with E-state index in [1.54, 1.807) is 12.4 Å². The van der Waals surface area contributed by atoms with Gasteiger partial charge in [-0.15, -0.1) is 0 Å². The van der Waals surface area contributed by atoms with Crippen LogP contribution >= 0.6 is 0 Å². The minimum absolute atomic E-state index is 0.164. The zero-order valence-electron chi connectivity index (χ0n) is 7.97. The van der Waals surface area contributed by atoms with E-state index in [9.17, 15) is 4.79 Å². The number of aromatic amines is 1. The number of aromatic nitrogens is 2. The summed E-state index contributed by atoms with van der Waals surface area (Å²) in [6.07, 6.45) is 3.65. The molecule has 0 aliphatic heterocycles. The van der Waals surface area contributed by atoms with Gasteiger partial charge in [-0.05, 0) is 17.7 Å². The first-order valence-corrected chi connectivity index (χ1v) is 4.53. The fraction of sp³-hybridized carbons (Fsp3) is 0.0909. The molecular weight excluding hydrogens is 190 g/mol. The summed E-state index contributed by atoms with van der Waals surface area (Å²) in [7, 11) is 0. The Balaban J connectivity index is 2.37. The fourth-order valence-electron chi connectivity index (χ4n) is 1.39. The van der Waals surface area contributed by atoms with Gasteiger partial charge in [-0.3, -0.25) is 4.57 Å². The van der Waals surface area contributed by atoms with Gasteiger partial charge in [-0.2, -0.15) is 5.26 Å². The number of imidazole rings is 1. The van der Waals surface area contributed by atoms with Crippen LogP contribution in [-0.4, -0.2) is 9.55 Å². The molecule has 1 aromatic heterocycles. The van der Waals surface area contributed by atoms with E-state index in [2.05, 4.69) is 11.1 Å². The minimum Gasteiger partial charge on any atom is -0.312 e. The van der Waals surface area contributed by atoms with Gasteiger partial charge in [0.1, 0.15) is 0 Å². The van der Waals surface area contributed by atoms with Crippen LogP contribution in [0, 0.1) is 11.3 Å². The third kappa shape index (κ3) is 1.81. The Morgan fingerprint density at radius 3 is 2.60 bits per heavy atom. The molecule has 0 bridgehead atoms. The van der Waals surface area contributed by atoms with Crippen LogP contribution < -0.4 is 5.69 Å². The average Bonchev–Trinajstić information content (AvgIpc) is 2.66. The van der Waals surface area contributed by atoms with Crippen molar-refractivity contribution < 1.29 is 0 Å². The Labute approximate surface area is 86.4 Å². The maximum atomic E-state index is 11.3. The van der Waals surface area contributed by atoms with Gasteiger partial charge < -0.3 is 4.98 Å². The van der Waals surface area contributed by atoms with Crippen molar-refractivity contribution in [1.29, 1.82) is 5.26 Å². The number of H-pyrrole nitrogens is 1. The van der Waals surface area contributed by atoms with Crippen molar-refractivity contribution in [2.45, 2.75) is 6.42 Å². The van der Waals surface area contributed by atoms with Crippen LogP contribution in [0.1, 0.15) is 5.56 Å². The standard InChI is InChI=1S/C11H9N3O/c12-6-5-9-1-3-10(4-2-9)14-8-7-13-11(14)15/h1-4,7-8H,5H2,(H,13,15). The molecule has 1 N–H and O–H groups in total. The van der Waals surface area contributed by atoms with E-state index in [1.165, 1.54) is 4.57 Å². The number of nitriles is 1. The number of rotatable bonds is 2. The third-order valence-corrected chi connectivity index (χ3v) is 2.15. The Morgan fingerprint density at radius 1 is 1.33 bits per heavy atom. The van der Waals surface area contributed by atoms with Gasteiger partial charge in [-0.1, -0.05) is 12.1 Å². The highest BCUT2D eigenvalue weighted by Crippen LogP contribution is 2.07. The Kier molecular flexibility index (Phi) is 2.38. The summed E-state index contributed by atoms with van der Waals surface area (Å²) in [6.45, 7) is 0. The van der Waals surface area contributed by atoms with Crippen molar-refractivity contribution in [3.8, 4) is 11.8 Å². The highest BCUT2D eigenvalue weighted by Gasteiger charge is 1.99. The Morgan fingerprint density at radius 2 is 2.07 bits per heavy atom. The summed E-state index contributed by atoms with van der Waals surface area (Å²) in [5.74, 6) is 0. The van der Waals surface area contributed by atoms with Crippen molar-refractivity contribution in [1.82, 2.24) is 9.55 Å². The van der Waals surface area contributed by atoms with Crippen molar-refractivity contribution in [3.63, 3.8) is 0 Å². The molecule has 0 fully saturated rings. The van der Waals surface area contributed by atoms with E-state index >= 15 is 0 Å². The molecule has 0 saturated heterocycles. The lowest BCUT2D eigenvalue weighted by Gasteiger charge is -2.01. The van der Waals surface area contributed by atoms with E-state index in [0.717, 1.165) is 11.3 Å². The van der Waals surface area contributed by atoms with Crippen LogP contribution in [0.5, 0.6) is 0 Å². The monoisotopic (exact) mass is 199 g/mol. The van der Waals surface area contributed by atoms with Gasteiger partial charge >= 0.3 is 5.69 Å². The molecule has 1 aromatic carbocycles. The van der Waals surface area contributed by atoms with Gasteiger partial charge in [0.2, 0.25) is 0 Å². The van der Waals surface area contributed by atoms with E-state index in [-0.39, 0.29) is 5.69 Å². The lowest BCUT2D eigenvalue weighted by molar-refractivity contribution is 0.985. The maximum Gasteiger partial charge on any atom is 0.330 e. The van der Waals surface area contributed by atoms with Gasteiger partial charge in [0, 0.05) is 12.4 Å². The first kappa shape index (κ1) is 9.28. The van der Waals surface area contributed by atoms with Crippen molar-refractivity contribution in [2.75, 3.05) is 0 Å². The number of nitrogens with one attached hydrogen (secondary N) is 1. The lowest BCUT2D eigenvalue weighted by atomic mass is 10.1. The molecule has 4 nitrogen and oxygen atoms in total. The smallest absolute Gasteiger partial charge is 0.312 e. The molecule has 2 rings (SSSR count). The van der Waals surface area contributed by atoms with Crippen LogP contribution in [-0.2, 0) is 6.42 Å². The molecule has 2 aromatic rings. The number of benzene rings is 1. The first-order chi connectivity index (χ1) is 7.31. The lowest BCUT2D eigenvalue weighted by Crippen LogP contribution is -2.13. The average molecular weight is 199 g/mol. The molecule has 74 valence electrons. The van der Waals surface area contributed by atoms with Crippen LogP contribution in [0.25, 0.3) is 5.69 Å². The van der Waals surface area contributed by atoms with Gasteiger partial charge in [0.05, 0.1) is 18.2 Å². The number of nitrogens with zero attached hydrogens (tertiary/aromatic N) is 2. The van der Waals surface area contributed by atoms with E-state index < -0.39 is 0 Å². The molecule has 0 spiro atoms. The third-order valence-electron chi connectivity index (χ3n) is 2.15. The number of hydrogen-bond acceptors (Lipinski definition) is 2. The molecule has 15 heavy (non-hydrogen) atoms. The van der Waals surface area contributed by atoms with Crippen molar-refractivity contribution >= 4 is 0 Å². The summed E-state index contributed by atoms with van der Waals surface area (Å²) in [4.78, 5) is 13.8. The number of hydrogen-bond donors (Lipinski definition) is 1. The molecule has 0 radical (unpaired) electrons. The summed E-state index contributed by atoms with van der Waals surface area (Å²) in [5, 5.41) is 8.51. The normalized spacial score (nSPS) is 9.80. The molecule has 0 unspecified atom stereocenters. The maximum absolute atomic E-state index is 11.3. The Bertz CT molecular complexity index is 542. The zero-order valence-corrected chi connectivity index (χ0v) is 7.97. The molecule has 1 heterocycles. The van der Waals surface area contributed by atoms with Gasteiger partial charge in [0.25, 0.3) is 0 Å². The largest absolute Gasteiger partial charge is 0.330 e. The molecule has 4 heteroatoms. The van der Waals surface area contributed by atoms with Gasteiger partial charge in [0.15, 0.2) is 0 Å². The van der Waals surface area contributed by atoms with Crippen LogP contribution in [0.15, 0.2) is 41.5 Å². The van der Waals surface area contributed by atoms with Crippen LogP contribution in [0.2, 0.25) is 0 Å². The summed E-state index contributed by atoms with van der Waals surface area (Å²) in [6, 6.07) is 9.41. The van der Waals surface area contributed by atoms with Crippen molar-refractivity contribution in [2.24, 2.45) is 0 Å². The fourth-order valence-corrected chi connectivity index (χ4v) is 1.39. The molecular formula is C11H9N3O. The summed E-state index contributed by atoms with van der Waals surface area (Å²) in [5.41, 5.74) is 1.58. The predicted molar refractivity (Wildman–Crippen MR) is 55.7 cm³/mol. The SMILES string of the molecule is N#CCc1ccc(-n2cc[nH]c2=O)cc1. The summed E-state index contributed by atoms with van der Waals surface area (Å²) >= 11 is 0. The van der Waals surface area contributed by atoms with Gasteiger partial charge in [-0.25, -0.2) is 4.79 Å². The molecule has 0 amide bonds. The second kappa shape index (κ2) is 3.84. The minimum atomic E-state index is -0.164.